The molecule has 3 N–H and O–H groups in total. The number of ether oxygens (including phenoxy) is 2. The summed E-state index contributed by atoms with van der Waals surface area (Å²) in [6.45, 7) is 5.17. The highest BCUT2D eigenvalue weighted by molar-refractivity contribution is 4.30. The van der Waals surface area contributed by atoms with Gasteiger partial charge in [-0.05, 0) is 13.8 Å². The highest BCUT2D eigenvalue weighted by atomic mass is 16.5. The van der Waals surface area contributed by atoms with Crippen LogP contribution in [0.3, 0.4) is 0 Å². The Labute approximate surface area is 85.3 Å². The van der Waals surface area contributed by atoms with E-state index in [1.165, 1.54) is 0 Å². The highest BCUT2D eigenvalue weighted by Gasteiger charge is 1.86. The molecule has 0 unspecified atom stereocenters. The Hall–Kier alpha value is -0.200. The second-order valence-corrected chi connectivity index (χ2v) is 2.77. The lowest BCUT2D eigenvalue weighted by Gasteiger charge is -2.01. The molecule has 5 nitrogen and oxygen atoms in total. The fourth-order valence-corrected chi connectivity index (χ4v) is 0.451. The minimum atomic E-state index is -0.167. The van der Waals surface area contributed by atoms with Crippen molar-refractivity contribution in [2.24, 2.45) is 0 Å². The van der Waals surface area contributed by atoms with Gasteiger partial charge in [-0.25, -0.2) is 0 Å². The summed E-state index contributed by atoms with van der Waals surface area (Å²) in [5, 5.41) is 24.6. The maximum absolute atomic E-state index is 8.26. The molecule has 0 aromatic rings. The second-order valence-electron chi connectivity index (χ2n) is 2.77. The Morgan fingerprint density at radius 3 is 1.36 bits per heavy atom. The Balaban J connectivity index is 0. The molecule has 0 aliphatic carbocycles. The summed E-state index contributed by atoms with van der Waals surface area (Å²) in [5.74, 6) is 0. The fourth-order valence-electron chi connectivity index (χ4n) is 0.451. The fraction of sp³-hybridized carbons (Fsp3) is 1.00. The van der Waals surface area contributed by atoms with Crippen LogP contribution in [0.15, 0.2) is 0 Å². The maximum atomic E-state index is 8.26. The van der Waals surface area contributed by atoms with Crippen molar-refractivity contribution in [1.82, 2.24) is 0 Å². The largest absolute Gasteiger partial charge is 0.394 e. The Morgan fingerprint density at radius 1 is 0.857 bits per heavy atom. The third kappa shape index (κ3) is 29.8. The molecule has 0 amide bonds. The van der Waals surface area contributed by atoms with Crippen LogP contribution in [0.1, 0.15) is 13.8 Å². The van der Waals surface area contributed by atoms with Crippen LogP contribution >= 0.6 is 0 Å². The van der Waals surface area contributed by atoms with Crippen LogP contribution in [-0.4, -0.2) is 61.1 Å². The molecule has 0 saturated heterocycles. The predicted molar refractivity (Wildman–Crippen MR) is 53.2 cm³/mol. The first kappa shape index (κ1) is 16.2. The van der Waals surface area contributed by atoms with Crippen LogP contribution in [-0.2, 0) is 9.47 Å². The first-order valence-electron chi connectivity index (χ1n) is 4.70. The lowest BCUT2D eigenvalue weighted by Crippen LogP contribution is -2.09. The van der Waals surface area contributed by atoms with E-state index in [9.17, 15) is 0 Å². The average molecular weight is 210 g/mol. The van der Waals surface area contributed by atoms with Gasteiger partial charge in [0.15, 0.2) is 0 Å². The molecule has 0 aliphatic heterocycles. The number of aliphatic hydroxyl groups excluding tert-OH is 3. The van der Waals surface area contributed by atoms with Crippen molar-refractivity contribution in [3.05, 3.63) is 0 Å². The van der Waals surface area contributed by atoms with E-state index in [-0.39, 0.29) is 19.3 Å². The van der Waals surface area contributed by atoms with Crippen LogP contribution in [0.2, 0.25) is 0 Å². The van der Waals surface area contributed by atoms with Gasteiger partial charge in [-0.2, -0.15) is 0 Å². The predicted octanol–water partition coefficient (Wildman–Crippen LogP) is -0.609. The molecular weight excluding hydrogens is 188 g/mol. The van der Waals surface area contributed by atoms with Gasteiger partial charge in [0.1, 0.15) is 0 Å². The topological polar surface area (TPSA) is 79.2 Å². The van der Waals surface area contributed by atoms with Gasteiger partial charge in [-0.15, -0.1) is 0 Å². The van der Waals surface area contributed by atoms with Gasteiger partial charge >= 0.3 is 0 Å². The SMILES string of the molecule is CC(C)O.OCCOCCOCCO. The summed E-state index contributed by atoms with van der Waals surface area (Å²) in [4.78, 5) is 0. The lowest BCUT2D eigenvalue weighted by atomic mass is 10.5. The van der Waals surface area contributed by atoms with Crippen LogP contribution < -0.4 is 0 Å². The number of hydrogen-bond acceptors (Lipinski definition) is 5. The normalized spacial score (nSPS) is 9.86. The summed E-state index contributed by atoms with van der Waals surface area (Å²) >= 11 is 0. The van der Waals surface area contributed by atoms with Gasteiger partial charge in [0, 0.05) is 6.10 Å². The molecular formula is C9H22O5. The summed E-state index contributed by atoms with van der Waals surface area (Å²) in [6, 6.07) is 0. The first-order valence-corrected chi connectivity index (χ1v) is 4.70. The molecule has 0 fully saturated rings. The van der Waals surface area contributed by atoms with Gasteiger partial charge in [0.25, 0.3) is 0 Å². The lowest BCUT2D eigenvalue weighted by molar-refractivity contribution is 0.0222. The van der Waals surface area contributed by atoms with Gasteiger partial charge < -0.3 is 24.8 Å². The van der Waals surface area contributed by atoms with Gasteiger partial charge in [0.2, 0.25) is 0 Å². The second kappa shape index (κ2) is 15.3. The van der Waals surface area contributed by atoms with Crippen molar-refractivity contribution < 1.29 is 24.8 Å². The minimum absolute atomic E-state index is 0.0417. The van der Waals surface area contributed by atoms with Crippen molar-refractivity contribution in [2.75, 3.05) is 39.6 Å². The molecule has 0 aliphatic rings. The molecule has 0 aromatic heterocycles. The van der Waals surface area contributed by atoms with Crippen LogP contribution in [0, 0.1) is 0 Å². The molecule has 0 radical (unpaired) electrons. The first-order chi connectivity index (χ1) is 6.65. The number of aliphatic hydroxyl groups is 3. The average Bonchev–Trinajstić information content (AvgIpc) is 2.10. The van der Waals surface area contributed by atoms with Crippen molar-refractivity contribution in [2.45, 2.75) is 20.0 Å². The zero-order valence-corrected chi connectivity index (χ0v) is 8.98. The Morgan fingerprint density at radius 2 is 1.14 bits per heavy atom. The van der Waals surface area contributed by atoms with E-state index in [1.54, 1.807) is 13.8 Å². The molecule has 0 saturated carbocycles. The summed E-state index contributed by atoms with van der Waals surface area (Å²) in [6.07, 6.45) is -0.167. The van der Waals surface area contributed by atoms with Gasteiger partial charge in [-0.3, -0.25) is 0 Å². The molecule has 0 spiro atoms. The van der Waals surface area contributed by atoms with Gasteiger partial charge in [0.05, 0.1) is 39.6 Å². The third-order valence-corrected chi connectivity index (χ3v) is 0.843. The van der Waals surface area contributed by atoms with Crippen LogP contribution in [0.5, 0.6) is 0 Å². The van der Waals surface area contributed by atoms with Crippen molar-refractivity contribution in [3.8, 4) is 0 Å². The molecule has 88 valence electrons. The van der Waals surface area contributed by atoms with E-state index >= 15 is 0 Å². The van der Waals surface area contributed by atoms with Gasteiger partial charge in [-0.1, -0.05) is 0 Å². The molecule has 0 bridgehead atoms. The van der Waals surface area contributed by atoms with E-state index in [4.69, 9.17) is 24.8 Å². The highest BCUT2D eigenvalue weighted by Crippen LogP contribution is 1.76. The monoisotopic (exact) mass is 210 g/mol. The number of hydrogen-bond donors (Lipinski definition) is 3. The standard InChI is InChI=1S/C6H14O4.C3H8O/c7-1-3-9-5-6-10-4-2-8;1-3(2)4/h7-8H,1-6H2;3-4H,1-2H3. The summed E-state index contributed by atoms with van der Waals surface area (Å²) in [7, 11) is 0. The maximum Gasteiger partial charge on any atom is 0.0701 e. The molecule has 0 rings (SSSR count). The van der Waals surface area contributed by atoms with E-state index in [2.05, 4.69) is 0 Å². The third-order valence-electron chi connectivity index (χ3n) is 0.843. The molecule has 5 heteroatoms. The molecule has 0 aromatic carbocycles. The van der Waals surface area contributed by atoms with E-state index < -0.39 is 0 Å². The summed E-state index contributed by atoms with van der Waals surface area (Å²) in [5.41, 5.74) is 0. The number of rotatable bonds is 7. The molecule has 0 heterocycles. The Kier molecular flexibility index (Phi) is 17.7. The summed E-state index contributed by atoms with van der Waals surface area (Å²) < 4.78 is 9.75. The van der Waals surface area contributed by atoms with Crippen molar-refractivity contribution in [1.29, 1.82) is 0 Å². The Bertz CT molecular complexity index is 76.5. The van der Waals surface area contributed by atoms with E-state index in [1.807, 2.05) is 0 Å². The minimum Gasteiger partial charge on any atom is -0.394 e. The molecule has 0 atom stereocenters. The zero-order valence-electron chi connectivity index (χ0n) is 8.98. The zero-order chi connectivity index (χ0) is 11.2. The molecule has 14 heavy (non-hydrogen) atoms. The van der Waals surface area contributed by atoms with Crippen LogP contribution in [0.25, 0.3) is 0 Å². The van der Waals surface area contributed by atoms with Crippen LogP contribution in [0.4, 0.5) is 0 Å². The van der Waals surface area contributed by atoms with Crippen molar-refractivity contribution >= 4 is 0 Å². The van der Waals surface area contributed by atoms with E-state index in [0.717, 1.165) is 0 Å². The van der Waals surface area contributed by atoms with Crippen molar-refractivity contribution in [3.63, 3.8) is 0 Å². The quantitative estimate of drug-likeness (QED) is 0.489. The van der Waals surface area contributed by atoms with E-state index in [0.29, 0.717) is 26.4 Å². The smallest absolute Gasteiger partial charge is 0.0701 e.